The van der Waals surface area contributed by atoms with Gasteiger partial charge in [0.2, 0.25) is 5.88 Å². The molecule has 0 aliphatic carbocycles. The van der Waals surface area contributed by atoms with Gasteiger partial charge in [0.25, 0.3) is 11.8 Å². The third-order valence-electron chi connectivity index (χ3n) is 5.22. The Morgan fingerprint density at radius 2 is 2.03 bits per heavy atom. The average Bonchev–Trinajstić information content (AvgIpc) is 3.09. The summed E-state index contributed by atoms with van der Waals surface area (Å²) in [5, 5.41) is 11.9. The molecule has 2 aromatic heterocycles. The Hall–Kier alpha value is -3.28. The molecule has 0 aromatic carbocycles. The van der Waals surface area contributed by atoms with Crippen LogP contribution in [0.15, 0.2) is 24.5 Å². The summed E-state index contributed by atoms with van der Waals surface area (Å²) in [6, 6.07) is 2.58. The Labute approximate surface area is 186 Å². The first-order valence-corrected chi connectivity index (χ1v) is 9.95. The SMILES string of the molecule is Cc1cc(C(C)N2Cc3c(ccnc3NC(=O)[C@@H](C)O)C2=O)cnc1OCC(F)(F)C(F)F. The zero-order chi connectivity index (χ0) is 24.5. The second kappa shape index (κ2) is 9.30. The molecule has 8 nitrogen and oxygen atoms in total. The highest BCUT2D eigenvalue weighted by Crippen LogP contribution is 2.35. The third kappa shape index (κ3) is 5.05. The number of aliphatic hydroxyl groups excluding tert-OH is 1. The van der Waals surface area contributed by atoms with Gasteiger partial charge in [0.1, 0.15) is 11.9 Å². The lowest BCUT2D eigenvalue weighted by atomic mass is 10.1. The number of fused-ring (bicyclic) bond motifs is 1. The molecule has 3 heterocycles. The molecule has 33 heavy (non-hydrogen) atoms. The van der Waals surface area contributed by atoms with Crippen molar-refractivity contribution in [2.75, 3.05) is 11.9 Å². The predicted molar refractivity (Wildman–Crippen MR) is 108 cm³/mol. The number of pyridine rings is 2. The first-order valence-electron chi connectivity index (χ1n) is 9.95. The number of nitrogens with one attached hydrogen (secondary N) is 1. The summed E-state index contributed by atoms with van der Waals surface area (Å²) in [6.07, 6.45) is -2.43. The molecule has 1 aliphatic rings. The fourth-order valence-corrected chi connectivity index (χ4v) is 3.26. The van der Waals surface area contributed by atoms with E-state index in [0.29, 0.717) is 22.3 Å². The number of carbonyl (C=O) groups is 2. The molecule has 0 radical (unpaired) electrons. The van der Waals surface area contributed by atoms with Gasteiger partial charge in [0, 0.05) is 29.1 Å². The fourth-order valence-electron chi connectivity index (χ4n) is 3.26. The van der Waals surface area contributed by atoms with E-state index >= 15 is 0 Å². The van der Waals surface area contributed by atoms with Crippen molar-refractivity contribution in [3.63, 3.8) is 0 Å². The number of rotatable bonds is 8. The van der Waals surface area contributed by atoms with Gasteiger partial charge in [0.05, 0.1) is 12.6 Å². The molecule has 2 N–H and O–H groups in total. The van der Waals surface area contributed by atoms with Crippen LogP contribution in [0.5, 0.6) is 5.88 Å². The van der Waals surface area contributed by atoms with Crippen molar-refractivity contribution in [2.45, 2.75) is 51.8 Å². The van der Waals surface area contributed by atoms with Crippen LogP contribution in [-0.4, -0.2) is 56.8 Å². The Bertz CT molecular complexity index is 1060. The van der Waals surface area contributed by atoms with Gasteiger partial charge in [-0.15, -0.1) is 0 Å². The Kier molecular flexibility index (Phi) is 6.86. The van der Waals surface area contributed by atoms with E-state index in [4.69, 9.17) is 4.74 Å². The summed E-state index contributed by atoms with van der Waals surface area (Å²) >= 11 is 0. The minimum atomic E-state index is -4.30. The Morgan fingerprint density at radius 1 is 1.33 bits per heavy atom. The second-order valence-electron chi connectivity index (χ2n) is 7.70. The van der Waals surface area contributed by atoms with Crippen LogP contribution in [0.25, 0.3) is 0 Å². The van der Waals surface area contributed by atoms with Crippen molar-refractivity contribution in [3.8, 4) is 5.88 Å². The summed E-state index contributed by atoms with van der Waals surface area (Å²) in [5.41, 5.74) is 1.73. The van der Waals surface area contributed by atoms with E-state index in [1.807, 2.05) is 0 Å². The number of aryl methyl sites for hydroxylation is 1. The van der Waals surface area contributed by atoms with Gasteiger partial charge in [-0.2, -0.15) is 8.78 Å². The van der Waals surface area contributed by atoms with Gasteiger partial charge in [-0.05, 0) is 38.5 Å². The molecule has 0 fully saturated rings. The zero-order valence-electron chi connectivity index (χ0n) is 18.0. The topological polar surface area (TPSA) is 105 Å². The molecule has 2 atom stereocenters. The van der Waals surface area contributed by atoms with E-state index in [9.17, 15) is 32.3 Å². The van der Waals surface area contributed by atoms with Gasteiger partial charge in [-0.25, -0.2) is 18.7 Å². The standard InChI is InChI=1S/C21H22F4N4O4/c1-10-6-13(7-27-18(10)33-9-21(24,25)20(22)23)11(2)29-8-15-14(19(29)32)4-5-26-16(15)28-17(31)12(3)30/h4-7,11-12,20,30H,8-9H2,1-3H3,(H,26,28,31)/t11?,12-/m1/s1. The number of hydrogen-bond donors (Lipinski definition) is 2. The first kappa shape index (κ1) is 24.4. The lowest BCUT2D eigenvalue weighted by Gasteiger charge is -2.25. The van der Waals surface area contributed by atoms with Crippen molar-refractivity contribution in [1.29, 1.82) is 0 Å². The maximum Gasteiger partial charge on any atom is 0.340 e. The van der Waals surface area contributed by atoms with Crippen molar-refractivity contribution < 1.29 is 37.0 Å². The lowest BCUT2D eigenvalue weighted by molar-refractivity contribution is -0.148. The molecule has 0 saturated carbocycles. The number of aliphatic hydroxyl groups is 1. The average molecular weight is 470 g/mol. The number of aromatic nitrogens is 2. The monoisotopic (exact) mass is 470 g/mol. The van der Waals surface area contributed by atoms with Crippen LogP contribution in [0.1, 0.15) is 46.9 Å². The molecule has 0 bridgehead atoms. The molecule has 2 amide bonds. The highest BCUT2D eigenvalue weighted by atomic mass is 19.3. The van der Waals surface area contributed by atoms with Crippen LogP contribution in [0.2, 0.25) is 0 Å². The number of carbonyl (C=O) groups excluding carboxylic acids is 2. The van der Waals surface area contributed by atoms with Crippen LogP contribution in [0.4, 0.5) is 23.4 Å². The number of alkyl halides is 4. The highest BCUT2D eigenvalue weighted by molar-refractivity contribution is 6.02. The van der Waals surface area contributed by atoms with E-state index in [1.165, 1.54) is 37.2 Å². The first-order chi connectivity index (χ1) is 15.4. The van der Waals surface area contributed by atoms with E-state index < -0.39 is 37.0 Å². The van der Waals surface area contributed by atoms with Gasteiger partial charge in [-0.1, -0.05) is 0 Å². The summed E-state index contributed by atoms with van der Waals surface area (Å²) in [5.74, 6) is -5.33. The van der Waals surface area contributed by atoms with Crippen molar-refractivity contribution in [2.24, 2.45) is 0 Å². The number of amides is 2. The maximum atomic E-state index is 13.1. The summed E-state index contributed by atoms with van der Waals surface area (Å²) in [6.45, 7) is 3.16. The summed E-state index contributed by atoms with van der Waals surface area (Å²) < 4.78 is 55.6. The second-order valence-corrected chi connectivity index (χ2v) is 7.70. The van der Waals surface area contributed by atoms with E-state index in [0.717, 1.165) is 0 Å². The molecule has 0 saturated heterocycles. The Morgan fingerprint density at radius 3 is 2.64 bits per heavy atom. The minimum absolute atomic E-state index is 0.122. The molecule has 1 unspecified atom stereocenters. The van der Waals surface area contributed by atoms with Crippen LogP contribution in [0.3, 0.4) is 0 Å². The summed E-state index contributed by atoms with van der Waals surface area (Å²) in [4.78, 5) is 34.3. The van der Waals surface area contributed by atoms with Crippen LogP contribution in [-0.2, 0) is 11.3 Å². The number of hydrogen-bond acceptors (Lipinski definition) is 6. The van der Waals surface area contributed by atoms with E-state index in [2.05, 4.69) is 15.3 Å². The van der Waals surface area contributed by atoms with Crippen LogP contribution >= 0.6 is 0 Å². The molecule has 1 aliphatic heterocycles. The lowest BCUT2D eigenvalue weighted by Crippen LogP contribution is -2.34. The van der Waals surface area contributed by atoms with Gasteiger partial charge in [0.15, 0.2) is 6.61 Å². The number of anilines is 1. The smallest absolute Gasteiger partial charge is 0.340 e. The van der Waals surface area contributed by atoms with E-state index in [-0.39, 0.29) is 24.1 Å². The predicted octanol–water partition coefficient (Wildman–Crippen LogP) is 3.10. The van der Waals surface area contributed by atoms with Crippen molar-refractivity contribution >= 4 is 17.6 Å². The minimum Gasteiger partial charge on any atom is -0.471 e. The molecule has 178 valence electrons. The van der Waals surface area contributed by atoms with Crippen molar-refractivity contribution in [3.05, 3.63) is 46.8 Å². The Balaban J connectivity index is 1.77. The summed E-state index contributed by atoms with van der Waals surface area (Å²) in [7, 11) is 0. The van der Waals surface area contributed by atoms with Crippen molar-refractivity contribution in [1.82, 2.24) is 14.9 Å². The maximum absolute atomic E-state index is 13.1. The van der Waals surface area contributed by atoms with Gasteiger partial charge in [-0.3, -0.25) is 9.59 Å². The molecular weight excluding hydrogens is 448 g/mol. The molecule has 12 heteroatoms. The largest absolute Gasteiger partial charge is 0.471 e. The zero-order valence-corrected chi connectivity index (χ0v) is 18.0. The molecule has 3 rings (SSSR count). The molecule has 2 aromatic rings. The van der Waals surface area contributed by atoms with Gasteiger partial charge < -0.3 is 20.1 Å². The third-order valence-corrected chi connectivity index (χ3v) is 5.22. The van der Waals surface area contributed by atoms with Gasteiger partial charge >= 0.3 is 12.3 Å². The van der Waals surface area contributed by atoms with E-state index in [1.54, 1.807) is 13.0 Å². The normalized spacial score (nSPS) is 15.4. The number of ether oxygens (including phenoxy) is 1. The van der Waals surface area contributed by atoms with Crippen LogP contribution < -0.4 is 10.1 Å². The van der Waals surface area contributed by atoms with Crippen LogP contribution in [0, 0.1) is 6.92 Å². The fraction of sp³-hybridized carbons (Fsp3) is 0.429. The quantitative estimate of drug-likeness (QED) is 0.575. The number of halogens is 4. The number of nitrogens with zero attached hydrogens (tertiary/aromatic N) is 3. The highest BCUT2D eigenvalue weighted by Gasteiger charge is 2.42. The molecular formula is C21H22F4N4O4. The molecule has 0 spiro atoms.